The third-order valence-corrected chi connectivity index (χ3v) is 7.55. The summed E-state index contributed by atoms with van der Waals surface area (Å²) in [5, 5.41) is 12.7. The number of hydrogen-bond donors (Lipinski definition) is 1. The van der Waals surface area contributed by atoms with Gasteiger partial charge in [-0.3, -0.25) is 4.68 Å². The van der Waals surface area contributed by atoms with Gasteiger partial charge in [0.2, 0.25) is 0 Å². The van der Waals surface area contributed by atoms with Crippen LogP contribution in [0.4, 0.5) is 13.2 Å². The number of fused-ring (bicyclic) bond motifs is 1. The van der Waals surface area contributed by atoms with Crippen LogP contribution in [-0.2, 0) is 17.9 Å². The number of hydrogen-bond acceptors (Lipinski definition) is 6. The minimum Gasteiger partial charge on any atom is -0.593 e. The van der Waals surface area contributed by atoms with E-state index in [0.717, 1.165) is 36.2 Å². The zero-order chi connectivity index (χ0) is 20.2. The zero-order valence-electron chi connectivity index (χ0n) is 15.3. The van der Waals surface area contributed by atoms with Gasteiger partial charge in [-0.15, -0.1) is 14.9 Å². The lowest BCUT2D eigenvalue weighted by Crippen LogP contribution is -2.38. The van der Waals surface area contributed by atoms with E-state index in [9.17, 15) is 17.7 Å². The maximum Gasteiger partial charge on any atom is 0.291 e. The third kappa shape index (κ3) is 3.76. The van der Waals surface area contributed by atoms with Crippen LogP contribution < -0.4 is 4.72 Å². The highest BCUT2D eigenvalue weighted by Gasteiger charge is 2.47. The summed E-state index contributed by atoms with van der Waals surface area (Å²) in [5.74, 6) is 0.562. The first-order valence-corrected chi connectivity index (χ1v) is 11.3. The molecule has 1 N–H and O–H groups in total. The summed E-state index contributed by atoms with van der Waals surface area (Å²) in [5.41, 5.74) is 0.591. The van der Waals surface area contributed by atoms with Gasteiger partial charge in [-0.2, -0.15) is 5.10 Å². The summed E-state index contributed by atoms with van der Waals surface area (Å²) in [4.78, 5) is 0.489. The highest BCUT2D eigenvalue weighted by molar-refractivity contribution is 7.89. The summed E-state index contributed by atoms with van der Waals surface area (Å²) in [6.45, 7) is 0.176. The molecular formula is C18H18F3N5OS2. The van der Waals surface area contributed by atoms with Gasteiger partial charge >= 0.3 is 0 Å². The Balaban J connectivity index is 1.54. The van der Waals surface area contributed by atoms with Crippen molar-refractivity contribution in [3.8, 4) is 10.7 Å². The fraction of sp³-hybridized carbons (Fsp3) is 0.500. The number of alkyl halides is 3. The summed E-state index contributed by atoms with van der Waals surface area (Å²) in [6, 6.07) is 5.29. The molecule has 11 heteroatoms. The Morgan fingerprint density at radius 2 is 2.10 bits per heavy atom. The molecule has 1 aromatic carbocycles. The van der Waals surface area contributed by atoms with Crippen molar-refractivity contribution >= 4 is 33.6 Å². The first-order valence-electron chi connectivity index (χ1n) is 9.36. The van der Waals surface area contributed by atoms with Gasteiger partial charge in [0.1, 0.15) is 12.4 Å². The smallest absolute Gasteiger partial charge is 0.291 e. The van der Waals surface area contributed by atoms with E-state index >= 15 is 0 Å². The summed E-state index contributed by atoms with van der Waals surface area (Å²) in [6.07, 6.45) is 0.903. The van der Waals surface area contributed by atoms with E-state index in [1.165, 1.54) is 0 Å². The number of halogens is 3. The predicted molar refractivity (Wildman–Crippen MR) is 104 cm³/mol. The molecule has 1 atom stereocenters. The zero-order valence-corrected chi connectivity index (χ0v) is 16.9. The SMILES string of the molecule is [O-][S+](NC1(CF)CC1)c1ccc2c(c1)c(-c1nnc(C(F)F)s1)nn2CC1CC1. The lowest BCUT2D eigenvalue weighted by Gasteiger charge is -2.16. The number of nitrogens with zero attached hydrogens (tertiary/aromatic N) is 4. The van der Waals surface area contributed by atoms with E-state index in [2.05, 4.69) is 20.0 Å². The number of aromatic nitrogens is 4. The lowest BCUT2D eigenvalue weighted by molar-refractivity contribution is 0.150. The Morgan fingerprint density at radius 3 is 2.72 bits per heavy atom. The van der Waals surface area contributed by atoms with Crippen molar-refractivity contribution in [2.24, 2.45) is 5.92 Å². The molecule has 0 amide bonds. The second-order valence-electron chi connectivity index (χ2n) is 7.68. The van der Waals surface area contributed by atoms with E-state index in [-0.39, 0.29) is 5.01 Å². The van der Waals surface area contributed by atoms with Crippen LogP contribution in [0.2, 0.25) is 0 Å². The molecule has 6 nitrogen and oxygen atoms in total. The second kappa shape index (κ2) is 7.22. The van der Waals surface area contributed by atoms with Gasteiger partial charge in [-0.05, 0) is 43.7 Å². The standard InChI is InChI=1S/C18H18F3N5OS2/c19-9-18(5-6-18)25-29(27)11-3-4-13-12(7-11)14(24-26(13)8-10-1-2-10)16-22-23-17(28-16)15(20)21/h3-4,7,10,15,25H,1-2,5-6,8-9H2. The molecule has 2 aliphatic rings. The maximum absolute atomic E-state index is 13.2. The second-order valence-corrected chi connectivity index (χ2v) is 9.91. The Hall–Kier alpha value is -1.69. The van der Waals surface area contributed by atoms with Crippen LogP contribution >= 0.6 is 11.3 Å². The van der Waals surface area contributed by atoms with Crippen molar-refractivity contribution in [2.45, 2.75) is 49.1 Å². The molecule has 154 valence electrons. The molecule has 2 fully saturated rings. The molecule has 1 unspecified atom stereocenters. The Labute approximate surface area is 171 Å². The molecule has 0 bridgehead atoms. The molecule has 0 aliphatic heterocycles. The highest BCUT2D eigenvalue weighted by Crippen LogP contribution is 2.39. The van der Waals surface area contributed by atoms with Crippen molar-refractivity contribution in [1.29, 1.82) is 0 Å². The summed E-state index contributed by atoms with van der Waals surface area (Å²) >= 11 is -0.776. The van der Waals surface area contributed by atoms with E-state index in [1.807, 2.05) is 10.7 Å². The van der Waals surface area contributed by atoms with Gasteiger partial charge in [0, 0.05) is 18.0 Å². The van der Waals surface area contributed by atoms with Crippen LogP contribution in [0.1, 0.15) is 37.1 Å². The van der Waals surface area contributed by atoms with Crippen molar-refractivity contribution < 1.29 is 17.7 Å². The van der Waals surface area contributed by atoms with E-state index in [0.29, 0.717) is 39.7 Å². The molecule has 2 aliphatic carbocycles. The van der Waals surface area contributed by atoms with Gasteiger partial charge < -0.3 is 4.55 Å². The average Bonchev–Trinajstić information content (AvgIpc) is 3.60. The molecule has 5 rings (SSSR count). The first-order chi connectivity index (χ1) is 14.0. The Kier molecular flexibility index (Phi) is 4.80. The fourth-order valence-electron chi connectivity index (χ4n) is 3.20. The number of rotatable bonds is 8. The molecule has 0 radical (unpaired) electrons. The topological polar surface area (TPSA) is 78.7 Å². The van der Waals surface area contributed by atoms with Crippen molar-refractivity contribution in [3.63, 3.8) is 0 Å². The van der Waals surface area contributed by atoms with Crippen LogP contribution in [0, 0.1) is 5.92 Å². The Morgan fingerprint density at radius 1 is 1.31 bits per heavy atom. The predicted octanol–water partition coefficient (Wildman–Crippen LogP) is 4.02. The van der Waals surface area contributed by atoms with Crippen LogP contribution in [0.15, 0.2) is 23.1 Å². The third-order valence-electron chi connectivity index (χ3n) is 5.31. The first kappa shape index (κ1) is 19.3. The van der Waals surface area contributed by atoms with Crippen molar-refractivity contribution in [1.82, 2.24) is 24.7 Å². The molecule has 29 heavy (non-hydrogen) atoms. The average molecular weight is 442 g/mol. The van der Waals surface area contributed by atoms with Crippen molar-refractivity contribution in [3.05, 3.63) is 23.2 Å². The number of nitrogens with one attached hydrogen (secondary N) is 1. The molecule has 2 saturated carbocycles. The van der Waals surface area contributed by atoms with E-state index in [4.69, 9.17) is 0 Å². The lowest BCUT2D eigenvalue weighted by atomic mass is 10.2. The minimum atomic E-state index is -2.69. The quantitative estimate of drug-likeness (QED) is 0.534. The van der Waals surface area contributed by atoms with Crippen LogP contribution in [0.5, 0.6) is 0 Å². The van der Waals surface area contributed by atoms with Crippen molar-refractivity contribution in [2.75, 3.05) is 6.67 Å². The molecule has 2 heterocycles. The largest absolute Gasteiger partial charge is 0.593 e. The van der Waals surface area contributed by atoms with Gasteiger partial charge in [-0.1, -0.05) is 11.3 Å². The molecule has 2 aromatic heterocycles. The molecule has 0 spiro atoms. The van der Waals surface area contributed by atoms with Gasteiger partial charge in [-0.25, -0.2) is 13.2 Å². The Bertz CT molecular complexity index is 1050. The van der Waals surface area contributed by atoms with Crippen LogP contribution in [-0.4, -0.2) is 36.7 Å². The van der Waals surface area contributed by atoms with E-state index in [1.54, 1.807) is 12.1 Å². The number of benzene rings is 1. The summed E-state index contributed by atoms with van der Waals surface area (Å²) in [7, 11) is 0. The molecule has 0 saturated heterocycles. The van der Waals surface area contributed by atoms with Gasteiger partial charge in [0.15, 0.2) is 14.9 Å². The highest BCUT2D eigenvalue weighted by atomic mass is 32.2. The fourth-order valence-corrected chi connectivity index (χ4v) is 5.09. The molecular weight excluding hydrogens is 423 g/mol. The summed E-state index contributed by atoms with van der Waals surface area (Å²) < 4.78 is 56.5. The normalized spacial score (nSPS) is 19.2. The van der Waals surface area contributed by atoms with Gasteiger partial charge in [0.05, 0.1) is 22.4 Å². The van der Waals surface area contributed by atoms with Crippen LogP contribution in [0.25, 0.3) is 21.6 Å². The maximum atomic E-state index is 13.2. The van der Waals surface area contributed by atoms with Gasteiger partial charge in [0.25, 0.3) is 6.43 Å². The molecule has 3 aromatic rings. The minimum absolute atomic E-state index is 0.304. The van der Waals surface area contributed by atoms with E-state index < -0.39 is 30.0 Å². The monoisotopic (exact) mass is 441 g/mol. The van der Waals surface area contributed by atoms with Crippen LogP contribution in [0.3, 0.4) is 0 Å².